The molecule has 3 aliphatic heterocycles. The van der Waals surface area contributed by atoms with E-state index >= 15 is 0 Å². The number of hydrogen-bond acceptors (Lipinski definition) is 11. The molecular weight excluding hydrogens is 1670 g/mol. The van der Waals surface area contributed by atoms with Crippen molar-refractivity contribution in [2.24, 2.45) is 0 Å². The molecule has 3 aliphatic carbocycles. The number of benzene rings is 3. The van der Waals surface area contributed by atoms with Gasteiger partial charge < -0.3 is 51.1 Å². The minimum absolute atomic E-state index is 0. The molecule has 0 atom stereocenters. The number of hydrogen-bond donors (Lipinski definition) is 5. The molecule has 20 nitrogen and oxygen atoms in total. The molecule has 0 radical (unpaired) electrons. The fourth-order valence-corrected chi connectivity index (χ4v) is 17.9. The van der Waals surface area contributed by atoms with Crippen LogP contribution in [0.15, 0.2) is 55.0 Å². The van der Waals surface area contributed by atoms with Crippen LogP contribution in [0.3, 0.4) is 0 Å². The number of alkyl halides is 1. The van der Waals surface area contributed by atoms with Gasteiger partial charge in [0.1, 0.15) is 24.8 Å². The van der Waals surface area contributed by atoms with Crippen LogP contribution in [0.1, 0.15) is 158 Å². The largest absolute Gasteiger partial charge is 1.00 e. The minimum Gasteiger partial charge on any atom is -1.00 e. The molecule has 0 bridgehead atoms. The summed E-state index contributed by atoms with van der Waals surface area (Å²) < 4.78 is 15.8. The standard InChI is InChI=1S/C27H38N4O2Si.C26H36N4O2Si.C21H24N4O.CH3I.CH2O3.CH4.2Cs.H/c1-7-27(8-2)21-15-22-20(14-23(21)30(3)26(27)32)19-11-9-10-18-16-31(29-24(18)25(19)28-22)17-33-12-13-34(4,5)6;1-6-26(7-2)20-14-21-19(13-22(20)28-25(26)31)18-10-8-9-17-15-30(29-23(17)24(18)27-21)16-32-11-12-33(3,4)5;1-4-21(5-2)15-10-16-14(9-17(15)25(3)20(21)26)13-8-6-7-12-11-22-24-18(12)19(13)23-16;1-2;2-1-4-3;;;;/h14-16,28H,7-13,17H2,1-6H3;13-15,27H,6-12,16H2,1-5H3,(H,28,31);9-11,23H,4-8H2,1-3H3,(H,22,24);1H3;1,3H;1H4;;;/q;;;;;;2*+1;-1/p-1. The predicted octanol–water partition coefficient (Wildman–Crippen LogP) is 10.0. The number of aromatic amines is 4. The Labute approximate surface area is 737 Å². The summed E-state index contributed by atoms with van der Waals surface area (Å²) in [6, 6.07) is 15.7. The van der Waals surface area contributed by atoms with Crippen molar-refractivity contribution >= 4 is 113 Å². The molecule has 3 aromatic carbocycles. The van der Waals surface area contributed by atoms with Crippen LogP contribution in [0.5, 0.6) is 0 Å². The molecule has 25 heteroatoms. The first-order valence-electron chi connectivity index (χ1n) is 35.8. The topological polar surface area (TPSA) is 249 Å². The van der Waals surface area contributed by atoms with Crippen LogP contribution in [-0.2, 0) is 102 Å². The first kappa shape index (κ1) is 84.6. The second-order valence-corrected chi connectivity index (χ2v) is 41.3. The number of nitrogens with one attached hydrogen (secondary N) is 5. The Hall–Kier alpha value is -3.06. The maximum atomic E-state index is 13.2. The first-order chi connectivity index (χ1) is 47.5. The molecular formula is C77H107Cs2IN12O8Si2. The normalized spacial score (nSPS) is 16.0. The van der Waals surface area contributed by atoms with Gasteiger partial charge in [0.05, 0.1) is 45.2 Å². The quantitative estimate of drug-likeness (QED) is 0.0109. The molecule has 9 heterocycles. The Kier molecular flexibility index (Phi) is 29.1. The minimum atomic E-state index is -1.10. The number of carbonyl (C=O) groups excluding carboxylic acids is 4. The fraction of sp³-hybridized carbons (Fsp3) is 0.519. The zero-order valence-corrected chi connectivity index (χ0v) is 79.6. The van der Waals surface area contributed by atoms with Crippen molar-refractivity contribution in [3.05, 3.63) is 105 Å². The number of H-pyrrole nitrogens is 4. The average molecular weight is 1780 g/mol. The summed E-state index contributed by atoms with van der Waals surface area (Å²) in [5.74, 6) is 0.588. The van der Waals surface area contributed by atoms with Crippen LogP contribution in [0.4, 0.5) is 17.1 Å². The summed E-state index contributed by atoms with van der Waals surface area (Å²) in [4.78, 5) is 67.1. The predicted molar refractivity (Wildman–Crippen MR) is 416 cm³/mol. The molecule has 9 aromatic rings. The Bertz CT molecular complexity index is 4490. The SMILES string of the molecule is C.CCC1(CC)C(=O)N(C)c2cc3c4c([nH]c3cc21)-c1[nH]ncc1CCC4.CCC1(CC)C(=O)N(C)c2cc3c4c([nH]c3cc21)-c1nn(COCC[Si](C)(C)C)cc1CCC4.CCC1(CC)C(=O)Nc2cc3c4c([nH]c3cc21)-c1nn(COCC[Si](C)(C)C)cc1CCC4.CI.O=CO[O-].[Cs+].[Cs+].[H-]. The number of likely N-dealkylation sites (N-methyl/N-ethyl adjacent to an activating group) is 2. The second kappa shape index (κ2) is 35.1. The van der Waals surface area contributed by atoms with Crippen molar-refractivity contribution < 1.29 is 178 Å². The third-order valence-electron chi connectivity index (χ3n) is 22.3. The van der Waals surface area contributed by atoms with Crippen LogP contribution >= 0.6 is 22.6 Å². The van der Waals surface area contributed by atoms with E-state index < -0.39 is 27.0 Å². The monoisotopic (exact) mass is 1780 g/mol. The summed E-state index contributed by atoms with van der Waals surface area (Å²) in [5.41, 5.74) is 23.2. The number of halogens is 1. The molecule has 540 valence electrons. The summed E-state index contributed by atoms with van der Waals surface area (Å²) in [6.45, 7) is 29.4. The number of anilines is 3. The van der Waals surface area contributed by atoms with Gasteiger partial charge >= 0.3 is 138 Å². The summed E-state index contributed by atoms with van der Waals surface area (Å²) in [7, 11) is 1.65. The molecule has 6 aliphatic rings. The van der Waals surface area contributed by atoms with Crippen LogP contribution in [0.2, 0.25) is 51.4 Å². The number of ether oxygens (including phenoxy) is 2. The van der Waals surface area contributed by atoms with Crippen molar-refractivity contribution in [1.29, 1.82) is 0 Å². The Morgan fingerprint density at radius 3 is 1.34 bits per heavy atom. The molecule has 6 aromatic heterocycles. The third kappa shape index (κ3) is 16.0. The Morgan fingerprint density at radius 2 is 0.941 bits per heavy atom. The molecule has 3 amide bonds. The van der Waals surface area contributed by atoms with Gasteiger partial charge in [0.2, 0.25) is 17.7 Å². The zero-order valence-electron chi connectivity index (χ0n) is 63.9. The zero-order chi connectivity index (χ0) is 71.1. The molecule has 15 rings (SSSR count). The number of amides is 3. The molecule has 0 saturated carbocycles. The van der Waals surface area contributed by atoms with Crippen molar-refractivity contribution in [2.75, 3.05) is 47.4 Å². The summed E-state index contributed by atoms with van der Waals surface area (Å²) in [6.07, 6.45) is 20.6. The van der Waals surface area contributed by atoms with E-state index in [0.717, 1.165) is 183 Å². The molecule has 0 fully saturated rings. The van der Waals surface area contributed by atoms with E-state index in [1.807, 2.05) is 44.4 Å². The Balaban J connectivity index is 0.000000206. The molecule has 0 spiro atoms. The van der Waals surface area contributed by atoms with Crippen LogP contribution in [-0.4, -0.2) is 117 Å². The van der Waals surface area contributed by atoms with E-state index in [1.165, 1.54) is 72.9 Å². The van der Waals surface area contributed by atoms with Gasteiger partial charge in [-0.15, -0.1) is 0 Å². The summed E-state index contributed by atoms with van der Waals surface area (Å²) >= 11 is 2.15. The number of aryl methyl sites for hydroxylation is 6. The van der Waals surface area contributed by atoms with Crippen LogP contribution in [0.25, 0.3) is 66.9 Å². The first-order valence-corrected chi connectivity index (χ1v) is 45.4. The summed E-state index contributed by atoms with van der Waals surface area (Å²) in [5, 5.41) is 32.6. The van der Waals surface area contributed by atoms with Gasteiger partial charge in [0, 0.05) is 106 Å². The second-order valence-electron chi connectivity index (χ2n) is 30.1. The maximum absolute atomic E-state index is 13.2. The average Bonchev–Trinajstić information content (AvgIpc) is 1.57. The number of nitrogens with zero attached hydrogens (tertiary/aromatic N) is 7. The molecule has 5 N–H and O–H groups in total. The molecule has 0 unspecified atom stereocenters. The van der Waals surface area contributed by atoms with Crippen LogP contribution in [0, 0.1) is 0 Å². The smallest absolute Gasteiger partial charge is 1.00 e. The number of rotatable bonds is 17. The van der Waals surface area contributed by atoms with Gasteiger partial charge in [0.15, 0.2) is 0 Å². The van der Waals surface area contributed by atoms with Crippen molar-refractivity contribution in [3.63, 3.8) is 0 Å². The fourth-order valence-electron chi connectivity index (χ4n) is 16.4. The van der Waals surface area contributed by atoms with Gasteiger partial charge in [-0.05, 0) is 200 Å². The van der Waals surface area contributed by atoms with E-state index in [9.17, 15) is 14.4 Å². The number of aromatic nitrogens is 9. The van der Waals surface area contributed by atoms with E-state index in [0.29, 0.717) is 13.5 Å². The van der Waals surface area contributed by atoms with Crippen LogP contribution < -0.4 is 158 Å². The van der Waals surface area contributed by atoms with Gasteiger partial charge in [0.25, 0.3) is 6.47 Å². The van der Waals surface area contributed by atoms with Crippen molar-refractivity contribution in [1.82, 2.24) is 44.7 Å². The van der Waals surface area contributed by atoms with Gasteiger partial charge in [-0.3, -0.25) is 24.3 Å². The number of fused-ring (bicyclic) bond motifs is 18. The third-order valence-corrected chi connectivity index (χ3v) is 25.7. The van der Waals surface area contributed by atoms with E-state index in [-0.39, 0.29) is 176 Å². The van der Waals surface area contributed by atoms with E-state index in [4.69, 9.17) is 29.7 Å². The van der Waals surface area contributed by atoms with Gasteiger partial charge in [-0.25, -0.2) is 9.36 Å². The van der Waals surface area contributed by atoms with Gasteiger partial charge in [-0.1, -0.05) is 111 Å². The molecule has 0 saturated heterocycles. The maximum Gasteiger partial charge on any atom is 1.00 e. The van der Waals surface area contributed by atoms with E-state index in [2.05, 4.69) is 188 Å². The number of carbonyl (C=O) groups is 4. The molecule has 102 heavy (non-hydrogen) atoms. The van der Waals surface area contributed by atoms with Gasteiger partial charge in [-0.2, -0.15) is 15.3 Å². The van der Waals surface area contributed by atoms with Crippen molar-refractivity contribution in [2.45, 2.75) is 226 Å². The Morgan fingerprint density at radius 1 is 0.559 bits per heavy atom. The van der Waals surface area contributed by atoms with E-state index in [1.54, 1.807) is 0 Å². The van der Waals surface area contributed by atoms with Crippen molar-refractivity contribution in [3.8, 4) is 34.2 Å².